The molecule has 4 heteroatoms. The third-order valence-corrected chi connectivity index (χ3v) is 1.95. The Hall–Kier alpha value is -1.42. The molecule has 1 rings (SSSR count). The molecule has 0 saturated carbocycles. The zero-order chi connectivity index (χ0) is 10.4. The minimum absolute atomic E-state index is 0.127. The average molecular weight is 193 g/mol. The van der Waals surface area contributed by atoms with Crippen LogP contribution in [0.15, 0.2) is 24.4 Å². The van der Waals surface area contributed by atoms with Crippen LogP contribution >= 0.6 is 0 Å². The van der Waals surface area contributed by atoms with Crippen molar-refractivity contribution in [1.29, 1.82) is 0 Å². The SMILES string of the molecule is CC[C@@H](N)C(=O)NCc1ccccn1. The van der Waals surface area contributed by atoms with Gasteiger partial charge < -0.3 is 11.1 Å². The lowest BCUT2D eigenvalue weighted by Gasteiger charge is -2.09. The molecule has 1 amide bonds. The standard InChI is InChI=1S/C10H15N3O/c1-2-9(11)10(14)13-7-8-5-3-4-6-12-8/h3-6,9H,2,7,11H2,1H3,(H,13,14)/t9-/m1/s1. The molecule has 0 unspecified atom stereocenters. The maximum atomic E-state index is 11.3. The van der Waals surface area contributed by atoms with Crippen LogP contribution in [-0.4, -0.2) is 16.9 Å². The molecule has 76 valence electrons. The summed E-state index contributed by atoms with van der Waals surface area (Å²) in [5, 5.41) is 2.72. The van der Waals surface area contributed by atoms with Gasteiger partial charge in [-0.05, 0) is 18.6 Å². The summed E-state index contributed by atoms with van der Waals surface area (Å²) in [6.45, 7) is 2.32. The maximum Gasteiger partial charge on any atom is 0.237 e. The molecule has 4 nitrogen and oxygen atoms in total. The molecule has 0 fully saturated rings. The van der Waals surface area contributed by atoms with Crippen molar-refractivity contribution in [3.63, 3.8) is 0 Å². The van der Waals surface area contributed by atoms with Gasteiger partial charge in [-0.1, -0.05) is 13.0 Å². The number of nitrogens with zero attached hydrogens (tertiary/aromatic N) is 1. The Kier molecular flexibility index (Phi) is 4.07. The van der Waals surface area contributed by atoms with Gasteiger partial charge in [0, 0.05) is 6.20 Å². The molecule has 0 saturated heterocycles. The highest BCUT2D eigenvalue weighted by Gasteiger charge is 2.09. The maximum absolute atomic E-state index is 11.3. The minimum atomic E-state index is -0.418. The van der Waals surface area contributed by atoms with E-state index in [1.807, 2.05) is 25.1 Å². The summed E-state index contributed by atoms with van der Waals surface area (Å²) in [7, 11) is 0. The summed E-state index contributed by atoms with van der Waals surface area (Å²) < 4.78 is 0. The molecule has 1 heterocycles. The highest BCUT2D eigenvalue weighted by atomic mass is 16.2. The summed E-state index contributed by atoms with van der Waals surface area (Å²) in [5.41, 5.74) is 6.39. The van der Waals surface area contributed by atoms with Crippen molar-refractivity contribution in [3.8, 4) is 0 Å². The molecule has 0 aliphatic carbocycles. The zero-order valence-electron chi connectivity index (χ0n) is 8.23. The molecule has 0 aliphatic rings. The van der Waals surface area contributed by atoms with E-state index in [0.717, 1.165) is 5.69 Å². The molecule has 0 bridgehead atoms. The number of carbonyl (C=O) groups excluding carboxylic acids is 1. The van der Waals surface area contributed by atoms with E-state index in [-0.39, 0.29) is 5.91 Å². The molecule has 1 atom stereocenters. The minimum Gasteiger partial charge on any atom is -0.349 e. The van der Waals surface area contributed by atoms with Gasteiger partial charge in [-0.15, -0.1) is 0 Å². The quantitative estimate of drug-likeness (QED) is 0.729. The van der Waals surface area contributed by atoms with Crippen molar-refractivity contribution in [2.75, 3.05) is 0 Å². The Morgan fingerprint density at radius 3 is 3.00 bits per heavy atom. The number of nitrogens with two attached hydrogens (primary N) is 1. The fourth-order valence-corrected chi connectivity index (χ4v) is 0.997. The van der Waals surface area contributed by atoms with E-state index in [0.29, 0.717) is 13.0 Å². The van der Waals surface area contributed by atoms with Crippen LogP contribution in [-0.2, 0) is 11.3 Å². The van der Waals surface area contributed by atoms with Crippen LogP contribution in [0, 0.1) is 0 Å². The van der Waals surface area contributed by atoms with E-state index >= 15 is 0 Å². The van der Waals surface area contributed by atoms with Crippen molar-refractivity contribution in [3.05, 3.63) is 30.1 Å². The molecular formula is C10H15N3O. The van der Waals surface area contributed by atoms with Gasteiger partial charge in [0.2, 0.25) is 5.91 Å². The van der Waals surface area contributed by atoms with Crippen LogP contribution in [0.3, 0.4) is 0 Å². The van der Waals surface area contributed by atoms with Gasteiger partial charge in [-0.2, -0.15) is 0 Å². The van der Waals surface area contributed by atoms with Crippen LogP contribution in [0.1, 0.15) is 19.0 Å². The lowest BCUT2D eigenvalue weighted by molar-refractivity contribution is -0.122. The summed E-state index contributed by atoms with van der Waals surface area (Å²) in [6.07, 6.45) is 2.34. The first-order valence-corrected chi connectivity index (χ1v) is 4.67. The summed E-state index contributed by atoms with van der Waals surface area (Å²) >= 11 is 0. The lowest BCUT2D eigenvalue weighted by Crippen LogP contribution is -2.39. The first-order valence-electron chi connectivity index (χ1n) is 4.67. The zero-order valence-corrected chi connectivity index (χ0v) is 8.23. The molecular weight excluding hydrogens is 178 g/mol. The van der Waals surface area contributed by atoms with Crippen molar-refractivity contribution in [2.24, 2.45) is 5.73 Å². The Balaban J connectivity index is 2.38. The van der Waals surface area contributed by atoms with Gasteiger partial charge in [0.05, 0.1) is 18.3 Å². The van der Waals surface area contributed by atoms with E-state index in [1.54, 1.807) is 6.20 Å². The third kappa shape index (κ3) is 3.14. The largest absolute Gasteiger partial charge is 0.349 e. The number of nitrogens with one attached hydrogen (secondary N) is 1. The van der Waals surface area contributed by atoms with Crippen LogP contribution in [0.5, 0.6) is 0 Å². The van der Waals surface area contributed by atoms with Gasteiger partial charge in [-0.3, -0.25) is 9.78 Å². The van der Waals surface area contributed by atoms with Crippen molar-refractivity contribution < 1.29 is 4.79 Å². The van der Waals surface area contributed by atoms with Gasteiger partial charge in [0.25, 0.3) is 0 Å². The fourth-order valence-electron chi connectivity index (χ4n) is 0.997. The van der Waals surface area contributed by atoms with E-state index in [2.05, 4.69) is 10.3 Å². The summed E-state index contributed by atoms with van der Waals surface area (Å²) in [5.74, 6) is -0.127. The molecule has 0 radical (unpaired) electrons. The Bertz CT molecular complexity index is 287. The smallest absolute Gasteiger partial charge is 0.237 e. The van der Waals surface area contributed by atoms with Crippen LogP contribution in [0.4, 0.5) is 0 Å². The molecule has 14 heavy (non-hydrogen) atoms. The van der Waals surface area contributed by atoms with Gasteiger partial charge >= 0.3 is 0 Å². The van der Waals surface area contributed by atoms with Crippen LogP contribution in [0.25, 0.3) is 0 Å². The predicted octanol–water partition coefficient (Wildman–Crippen LogP) is 0.435. The van der Waals surface area contributed by atoms with Gasteiger partial charge in [-0.25, -0.2) is 0 Å². The van der Waals surface area contributed by atoms with E-state index < -0.39 is 6.04 Å². The van der Waals surface area contributed by atoms with Crippen molar-refractivity contribution in [2.45, 2.75) is 25.9 Å². The van der Waals surface area contributed by atoms with Gasteiger partial charge in [0.1, 0.15) is 0 Å². The average Bonchev–Trinajstić information content (AvgIpc) is 2.26. The van der Waals surface area contributed by atoms with Crippen molar-refractivity contribution in [1.82, 2.24) is 10.3 Å². The highest BCUT2D eigenvalue weighted by molar-refractivity contribution is 5.81. The number of hydrogen-bond acceptors (Lipinski definition) is 3. The molecule has 0 spiro atoms. The molecule has 3 N–H and O–H groups in total. The molecule has 1 aromatic heterocycles. The summed E-state index contributed by atoms with van der Waals surface area (Å²) in [6, 6.07) is 5.16. The topological polar surface area (TPSA) is 68.0 Å². The van der Waals surface area contributed by atoms with E-state index in [4.69, 9.17) is 5.73 Å². The Morgan fingerprint density at radius 1 is 1.64 bits per heavy atom. The fraction of sp³-hybridized carbons (Fsp3) is 0.400. The predicted molar refractivity (Wildman–Crippen MR) is 54.4 cm³/mol. The monoisotopic (exact) mass is 193 g/mol. The van der Waals surface area contributed by atoms with Crippen LogP contribution < -0.4 is 11.1 Å². The first-order chi connectivity index (χ1) is 6.74. The highest BCUT2D eigenvalue weighted by Crippen LogP contribution is 1.93. The number of pyridine rings is 1. The second-order valence-corrected chi connectivity index (χ2v) is 3.05. The lowest BCUT2D eigenvalue weighted by atomic mass is 10.2. The Labute approximate surface area is 83.5 Å². The van der Waals surface area contributed by atoms with E-state index in [9.17, 15) is 4.79 Å². The molecule has 1 aromatic rings. The molecule has 0 aromatic carbocycles. The number of aromatic nitrogens is 1. The third-order valence-electron chi connectivity index (χ3n) is 1.95. The van der Waals surface area contributed by atoms with E-state index in [1.165, 1.54) is 0 Å². The summed E-state index contributed by atoms with van der Waals surface area (Å²) in [4.78, 5) is 15.4. The number of rotatable bonds is 4. The Morgan fingerprint density at radius 2 is 2.43 bits per heavy atom. The van der Waals surface area contributed by atoms with Crippen molar-refractivity contribution >= 4 is 5.91 Å². The van der Waals surface area contributed by atoms with Crippen LogP contribution in [0.2, 0.25) is 0 Å². The first kappa shape index (κ1) is 10.7. The number of amides is 1. The normalized spacial score (nSPS) is 12.1. The van der Waals surface area contributed by atoms with Gasteiger partial charge in [0.15, 0.2) is 0 Å². The number of hydrogen-bond donors (Lipinski definition) is 2. The molecule has 0 aliphatic heterocycles. The number of carbonyl (C=O) groups is 1. The second-order valence-electron chi connectivity index (χ2n) is 3.05. The second kappa shape index (κ2) is 5.34.